The molecule has 10 nitrogen and oxygen atoms in total. The van der Waals surface area contributed by atoms with Crippen molar-refractivity contribution in [1.82, 2.24) is 19.8 Å². The summed E-state index contributed by atoms with van der Waals surface area (Å²) in [6, 6.07) is 18.1. The minimum absolute atomic E-state index is 0.00675. The van der Waals surface area contributed by atoms with Gasteiger partial charge in [0.15, 0.2) is 5.82 Å². The first-order valence-corrected chi connectivity index (χ1v) is 14.5. The molecule has 2 amide bonds. The van der Waals surface area contributed by atoms with E-state index in [1.165, 1.54) is 12.1 Å². The Kier molecular flexibility index (Phi) is 7.89. The number of hydrogen-bond donors (Lipinski definition) is 2. The van der Waals surface area contributed by atoms with Crippen molar-refractivity contribution < 1.29 is 18.0 Å². The molecule has 2 aliphatic heterocycles. The van der Waals surface area contributed by atoms with Crippen molar-refractivity contribution >= 4 is 33.3 Å². The van der Waals surface area contributed by atoms with Gasteiger partial charge < -0.3 is 15.1 Å². The van der Waals surface area contributed by atoms with Gasteiger partial charge in [0, 0.05) is 38.1 Å². The van der Waals surface area contributed by atoms with Crippen molar-refractivity contribution in [1.29, 1.82) is 0 Å². The minimum Gasteiger partial charge on any atom is -0.353 e. The second-order valence-electron chi connectivity index (χ2n) is 10.1. The lowest BCUT2D eigenvalue weighted by molar-refractivity contribution is -0.131. The van der Waals surface area contributed by atoms with Gasteiger partial charge in [0.1, 0.15) is 0 Å². The Morgan fingerprint density at radius 3 is 2.31 bits per heavy atom. The van der Waals surface area contributed by atoms with Crippen LogP contribution in [0.5, 0.6) is 0 Å². The average molecular weight is 549 g/mol. The standard InChI is InChI=1S/C28H32N6O4S/c1-20-4-10-25(11-5-20)39(37,38)30-17-27(35)33-15-12-22(13-16-33)21-6-8-24(9-7-21)31-28(36)23-18-34(19-23)26-3-2-14-29-32-26/h2-11,14,22-23,30H,12-13,15-19H2,1H3,(H,31,36). The molecule has 204 valence electrons. The van der Waals surface area contributed by atoms with Crippen LogP contribution in [0.3, 0.4) is 0 Å². The van der Waals surface area contributed by atoms with Crippen molar-refractivity contribution in [3.63, 3.8) is 0 Å². The third kappa shape index (κ3) is 6.43. The Balaban J connectivity index is 1.06. The Bertz CT molecular complexity index is 1400. The van der Waals surface area contributed by atoms with Gasteiger partial charge in [0.25, 0.3) is 0 Å². The van der Waals surface area contributed by atoms with E-state index < -0.39 is 10.0 Å². The molecule has 2 N–H and O–H groups in total. The zero-order valence-electron chi connectivity index (χ0n) is 21.8. The van der Waals surface area contributed by atoms with Crippen LogP contribution in [0.15, 0.2) is 71.8 Å². The lowest BCUT2D eigenvalue weighted by Crippen LogP contribution is -2.52. The van der Waals surface area contributed by atoms with Crippen LogP contribution >= 0.6 is 0 Å². The number of aryl methyl sites for hydroxylation is 1. The van der Waals surface area contributed by atoms with Gasteiger partial charge in [-0.25, -0.2) is 13.1 Å². The van der Waals surface area contributed by atoms with E-state index in [1.807, 2.05) is 48.2 Å². The normalized spacial score (nSPS) is 16.5. The Labute approximate surface area is 228 Å². The van der Waals surface area contributed by atoms with E-state index in [4.69, 9.17) is 0 Å². The number of nitrogens with one attached hydrogen (secondary N) is 2. The summed E-state index contributed by atoms with van der Waals surface area (Å²) in [7, 11) is -3.73. The summed E-state index contributed by atoms with van der Waals surface area (Å²) in [6.07, 6.45) is 3.21. The number of likely N-dealkylation sites (tertiary alicyclic amines) is 1. The van der Waals surface area contributed by atoms with Crippen molar-refractivity contribution in [2.75, 3.05) is 42.9 Å². The highest BCUT2D eigenvalue weighted by Gasteiger charge is 2.33. The van der Waals surface area contributed by atoms with E-state index in [-0.39, 0.29) is 29.2 Å². The monoisotopic (exact) mass is 548 g/mol. The van der Waals surface area contributed by atoms with E-state index in [0.29, 0.717) is 32.1 Å². The second kappa shape index (κ2) is 11.5. The highest BCUT2D eigenvalue weighted by Crippen LogP contribution is 2.29. The average Bonchev–Trinajstić information content (AvgIpc) is 2.92. The van der Waals surface area contributed by atoms with Crippen molar-refractivity contribution in [2.45, 2.75) is 30.6 Å². The van der Waals surface area contributed by atoms with Gasteiger partial charge in [-0.05, 0) is 67.6 Å². The highest BCUT2D eigenvalue weighted by molar-refractivity contribution is 7.89. The number of carbonyl (C=O) groups is 2. The van der Waals surface area contributed by atoms with Crippen molar-refractivity contribution in [3.05, 3.63) is 78.0 Å². The molecule has 0 radical (unpaired) electrons. The van der Waals surface area contributed by atoms with Crippen LogP contribution in [0, 0.1) is 12.8 Å². The maximum atomic E-state index is 12.7. The molecule has 0 saturated carbocycles. The molecule has 2 fully saturated rings. The number of anilines is 2. The number of aromatic nitrogens is 2. The van der Waals surface area contributed by atoms with E-state index >= 15 is 0 Å². The molecule has 2 aliphatic rings. The fourth-order valence-corrected chi connectivity index (χ4v) is 5.88. The predicted octanol–water partition coefficient (Wildman–Crippen LogP) is 2.54. The quantitative estimate of drug-likeness (QED) is 0.443. The smallest absolute Gasteiger partial charge is 0.241 e. The zero-order chi connectivity index (χ0) is 27.4. The molecule has 3 heterocycles. The fraction of sp³-hybridized carbons (Fsp3) is 0.357. The molecule has 0 aliphatic carbocycles. The van der Waals surface area contributed by atoms with E-state index in [2.05, 4.69) is 20.2 Å². The largest absolute Gasteiger partial charge is 0.353 e. The van der Waals surface area contributed by atoms with Crippen molar-refractivity contribution in [2.24, 2.45) is 5.92 Å². The van der Waals surface area contributed by atoms with E-state index in [0.717, 1.165) is 35.5 Å². The molecule has 2 aromatic carbocycles. The Morgan fingerprint density at radius 1 is 0.974 bits per heavy atom. The third-order valence-corrected chi connectivity index (χ3v) is 8.79. The molecular formula is C28H32N6O4S. The lowest BCUT2D eigenvalue weighted by Gasteiger charge is -2.38. The maximum Gasteiger partial charge on any atom is 0.241 e. The molecule has 39 heavy (non-hydrogen) atoms. The van der Waals surface area contributed by atoms with Crippen LogP contribution in [0.2, 0.25) is 0 Å². The van der Waals surface area contributed by atoms with Gasteiger partial charge in [-0.15, -0.1) is 5.10 Å². The number of piperidine rings is 1. The molecule has 1 aromatic heterocycles. The minimum atomic E-state index is -3.73. The second-order valence-corrected chi connectivity index (χ2v) is 11.9. The fourth-order valence-electron chi connectivity index (χ4n) is 4.91. The first-order valence-electron chi connectivity index (χ1n) is 13.1. The van der Waals surface area contributed by atoms with Crippen LogP contribution in [-0.4, -0.2) is 68.1 Å². The van der Waals surface area contributed by atoms with Crippen LogP contribution in [0.4, 0.5) is 11.5 Å². The predicted molar refractivity (Wildman–Crippen MR) is 148 cm³/mol. The molecule has 0 unspecified atom stereocenters. The number of hydrogen-bond acceptors (Lipinski definition) is 7. The van der Waals surface area contributed by atoms with Gasteiger partial charge in [-0.1, -0.05) is 29.8 Å². The number of amides is 2. The molecule has 0 atom stereocenters. The van der Waals surface area contributed by atoms with E-state index in [1.54, 1.807) is 23.2 Å². The van der Waals surface area contributed by atoms with Gasteiger partial charge in [0.05, 0.1) is 17.4 Å². The first-order chi connectivity index (χ1) is 18.8. The number of rotatable bonds is 8. The topological polar surface area (TPSA) is 125 Å². The number of nitrogens with zero attached hydrogens (tertiary/aromatic N) is 4. The van der Waals surface area contributed by atoms with Crippen LogP contribution in [0.25, 0.3) is 0 Å². The zero-order valence-corrected chi connectivity index (χ0v) is 22.6. The summed E-state index contributed by atoms with van der Waals surface area (Å²) in [6.45, 7) is 4.00. The van der Waals surface area contributed by atoms with Crippen molar-refractivity contribution in [3.8, 4) is 0 Å². The summed E-state index contributed by atoms with van der Waals surface area (Å²) < 4.78 is 27.4. The molecule has 2 saturated heterocycles. The maximum absolute atomic E-state index is 12.7. The molecule has 0 bridgehead atoms. The van der Waals surface area contributed by atoms with Crippen LogP contribution in [-0.2, 0) is 19.6 Å². The number of benzene rings is 2. The summed E-state index contributed by atoms with van der Waals surface area (Å²) >= 11 is 0. The summed E-state index contributed by atoms with van der Waals surface area (Å²) in [5, 5.41) is 11.0. The van der Waals surface area contributed by atoms with Gasteiger partial charge in [0.2, 0.25) is 21.8 Å². The summed E-state index contributed by atoms with van der Waals surface area (Å²) in [5.74, 6) is 0.760. The number of sulfonamides is 1. The van der Waals surface area contributed by atoms with Crippen LogP contribution in [0.1, 0.15) is 29.9 Å². The van der Waals surface area contributed by atoms with Gasteiger partial charge in [-0.3, -0.25) is 9.59 Å². The van der Waals surface area contributed by atoms with Gasteiger partial charge in [-0.2, -0.15) is 5.10 Å². The summed E-state index contributed by atoms with van der Waals surface area (Å²) in [4.78, 5) is 29.2. The van der Waals surface area contributed by atoms with Gasteiger partial charge >= 0.3 is 0 Å². The Morgan fingerprint density at radius 2 is 1.67 bits per heavy atom. The van der Waals surface area contributed by atoms with E-state index in [9.17, 15) is 18.0 Å². The summed E-state index contributed by atoms with van der Waals surface area (Å²) in [5.41, 5.74) is 2.89. The molecule has 5 rings (SSSR count). The Hall–Kier alpha value is -3.83. The molecule has 0 spiro atoms. The molecule has 11 heteroatoms. The first kappa shape index (κ1) is 26.8. The third-order valence-electron chi connectivity index (χ3n) is 7.38. The highest BCUT2D eigenvalue weighted by atomic mass is 32.2. The molecule has 3 aromatic rings. The lowest BCUT2D eigenvalue weighted by atomic mass is 9.89. The SMILES string of the molecule is Cc1ccc(S(=O)(=O)NCC(=O)N2CCC(c3ccc(NC(=O)C4CN(c5cccnn5)C4)cc3)CC2)cc1. The van der Waals surface area contributed by atoms with Crippen LogP contribution < -0.4 is 14.9 Å². The molecular weight excluding hydrogens is 516 g/mol. The number of carbonyl (C=O) groups excluding carboxylic acids is 2.